The van der Waals surface area contributed by atoms with Crippen LogP contribution in [-0.4, -0.2) is 23.7 Å². The number of aliphatic hydroxyl groups is 1. The van der Waals surface area contributed by atoms with E-state index in [9.17, 15) is 5.11 Å². The Labute approximate surface area is 128 Å². The zero-order valence-corrected chi connectivity index (χ0v) is 12.9. The van der Waals surface area contributed by atoms with Gasteiger partial charge in [-0.3, -0.25) is 0 Å². The van der Waals surface area contributed by atoms with Crippen LogP contribution < -0.4 is 10.1 Å². The van der Waals surface area contributed by atoms with Crippen molar-refractivity contribution in [3.8, 4) is 5.75 Å². The minimum absolute atomic E-state index is 0.518. The standard InChI is InChI=1S/C16H20N2O2S/c1-20-13-4-2-3-12(7-13)15(19)10-17-8-14-9-18-16(21-14)11-5-6-11/h2-4,7,9,11,15,17,19H,5-6,8,10H2,1H3. The van der Waals surface area contributed by atoms with Crippen LogP contribution in [0, 0.1) is 0 Å². The molecule has 1 aromatic carbocycles. The van der Waals surface area contributed by atoms with E-state index in [2.05, 4.69) is 10.3 Å². The third-order valence-electron chi connectivity index (χ3n) is 3.61. The van der Waals surface area contributed by atoms with Crippen molar-refractivity contribution in [3.05, 3.63) is 45.9 Å². The quantitative estimate of drug-likeness (QED) is 0.826. The van der Waals surface area contributed by atoms with E-state index in [0.29, 0.717) is 12.5 Å². The van der Waals surface area contributed by atoms with Crippen molar-refractivity contribution in [2.24, 2.45) is 0 Å². The lowest BCUT2D eigenvalue weighted by molar-refractivity contribution is 0.174. The SMILES string of the molecule is COc1cccc(C(O)CNCc2cnc(C3CC3)s2)c1. The first-order valence-electron chi connectivity index (χ1n) is 7.23. The maximum Gasteiger partial charge on any atom is 0.119 e. The minimum Gasteiger partial charge on any atom is -0.497 e. The second kappa shape index (κ2) is 6.56. The van der Waals surface area contributed by atoms with Gasteiger partial charge >= 0.3 is 0 Å². The van der Waals surface area contributed by atoms with Gasteiger partial charge in [-0.1, -0.05) is 12.1 Å². The molecule has 1 unspecified atom stereocenters. The third kappa shape index (κ3) is 3.81. The molecule has 0 bridgehead atoms. The fraction of sp³-hybridized carbons (Fsp3) is 0.438. The van der Waals surface area contributed by atoms with Crippen LogP contribution in [0.2, 0.25) is 0 Å². The molecular weight excluding hydrogens is 284 g/mol. The molecule has 1 heterocycles. The number of nitrogens with one attached hydrogen (secondary N) is 1. The van der Waals surface area contributed by atoms with E-state index in [-0.39, 0.29) is 0 Å². The molecule has 0 radical (unpaired) electrons. The Bertz CT molecular complexity index is 595. The molecule has 0 spiro atoms. The third-order valence-corrected chi connectivity index (χ3v) is 4.77. The molecule has 1 aliphatic carbocycles. The fourth-order valence-corrected chi connectivity index (χ4v) is 3.28. The number of hydrogen-bond acceptors (Lipinski definition) is 5. The van der Waals surface area contributed by atoms with E-state index >= 15 is 0 Å². The highest BCUT2D eigenvalue weighted by molar-refractivity contribution is 7.11. The summed E-state index contributed by atoms with van der Waals surface area (Å²) in [5.74, 6) is 1.48. The summed E-state index contributed by atoms with van der Waals surface area (Å²) in [4.78, 5) is 5.69. The lowest BCUT2D eigenvalue weighted by atomic mass is 10.1. The van der Waals surface area contributed by atoms with Crippen LogP contribution in [0.1, 0.15) is 40.3 Å². The monoisotopic (exact) mass is 304 g/mol. The summed E-state index contributed by atoms with van der Waals surface area (Å²) in [7, 11) is 1.63. The average Bonchev–Trinajstić information content (AvgIpc) is 3.27. The molecule has 1 atom stereocenters. The Balaban J connectivity index is 1.49. The van der Waals surface area contributed by atoms with Crippen molar-refractivity contribution in [1.29, 1.82) is 0 Å². The molecule has 0 aliphatic heterocycles. The summed E-state index contributed by atoms with van der Waals surface area (Å²) in [6.45, 7) is 1.27. The normalized spacial score (nSPS) is 15.9. The molecule has 5 heteroatoms. The number of ether oxygens (including phenoxy) is 1. The smallest absolute Gasteiger partial charge is 0.119 e. The first kappa shape index (κ1) is 14.5. The van der Waals surface area contributed by atoms with Crippen LogP contribution in [0.25, 0.3) is 0 Å². The Morgan fingerprint density at radius 1 is 1.48 bits per heavy atom. The van der Waals surface area contributed by atoms with Crippen molar-refractivity contribution < 1.29 is 9.84 Å². The summed E-state index contributed by atoms with van der Waals surface area (Å²) in [5, 5.41) is 14.7. The van der Waals surface area contributed by atoms with Gasteiger partial charge in [0.25, 0.3) is 0 Å². The summed E-state index contributed by atoms with van der Waals surface area (Å²) < 4.78 is 5.17. The molecule has 2 aromatic rings. The van der Waals surface area contributed by atoms with Gasteiger partial charge < -0.3 is 15.2 Å². The van der Waals surface area contributed by atoms with Crippen molar-refractivity contribution in [1.82, 2.24) is 10.3 Å². The van der Waals surface area contributed by atoms with Crippen molar-refractivity contribution in [2.45, 2.75) is 31.4 Å². The van der Waals surface area contributed by atoms with Gasteiger partial charge in [-0.25, -0.2) is 4.98 Å². The van der Waals surface area contributed by atoms with Gasteiger partial charge in [0.1, 0.15) is 5.75 Å². The number of rotatable bonds is 7. The van der Waals surface area contributed by atoms with Gasteiger partial charge in [-0.2, -0.15) is 0 Å². The van der Waals surface area contributed by atoms with Crippen LogP contribution in [0.5, 0.6) is 5.75 Å². The van der Waals surface area contributed by atoms with E-state index in [1.807, 2.05) is 30.5 Å². The second-order valence-corrected chi connectivity index (χ2v) is 6.51. The maximum atomic E-state index is 10.2. The lowest BCUT2D eigenvalue weighted by Crippen LogP contribution is -2.20. The zero-order chi connectivity index (χ0) is 14.7. The highest BCUT2D eigenvalue weighted by atomic mass is 32.1. The highest BCUT2D eigenvalue weighted by Gasteiger charge is 2.26. The number of benzene rings is 1. The van der Waals surface area contributed by atoms with Crippen molar-refractivity contribution >= 4 is 11.3 Å². The number of aromatic nitrogens is 1. The van der Waals surface area contributed by atoms with E-state index in [1.54, 1.807) is 18.4 Å². The predicted octanol–water partition coefficient (Wildman–Crippen LogP) is 2.85. The van der Waals surface area contributed by atoms with Gasteiger partial charge in [0.05, 0.1) is 18.2 Å². The first-order valence-corrected chi connectivity index (χ1v) is 8.05. The van der Waals surface area contributed by atoms with Crippen LogP contribution in [-0.2, 0) is 6.54 Å². The van der Waals surface area contributed by atoms with E-state index in [0.717, 1.165) is 17.9 Å². The number of thiazole rings is 1. The van der Waals surface area contributed by atoms with Crippen LogP contribution in [0.4, 0.5) is 0 Å². The Morgan fingerprint density at radius 2 is 2.33 bits per heavy atom. The molecule has 0 amide bonds. The summed E-state index contributed by atoms with van der Waals surface area (Å²) in [6, 6.07) is 7.54. The number of aliphatic hydroxyl groups excluding tert-OH is 1. The maximum absolute atomic E-state index is 10.2. The molecule has 2 N–H and O–H groups in total. The van der Waals surface area contributed by atoms with Gasteiger partial charge in [0.15, 0.2) is 0 Å². The summed E-state index contributed by atoms with van der Waals surface area (Å²) in [5.41, 5.74) is 0.866. The molecule has 1 fully saturated rings. The fourth-order valence-electron chi connectivity index (χ4n) is 2.22. The van der Waals surface area contributed by atoms with Crippen molar-refractivity contribution in [3.63, 3.8) is 0 Å². The molecule has 21 heavy (non-hydrogen) atoms. The topological polar surface area (TPSA) is 54.4 Å². The second-order valence-electron chi connectivity index (χ2n) is 5.36. The van der Waals surface area contributed by atoms with Crippen LogP contribution >= 0.6 is 11.3 Å². The molecular formula is C16H20N2O2S. The van der Waals surface area contributed by atoms with Gasteiger partial charge in [-0.05, 0) is 30.5 Å². The van der Waals surface area contributed by atoms with Gasteiger partial charge in [0, 0.05) is 30.1 Å². The first-order chi connectivity index (χ1) is 10.3. The molecule has 112 valence electrons. The van der Waals surface area contributed by atoms with E-state index in [1.165, 1.54) is 22.7 Å². The minimum atomic E-state index is -0.532. The molecule has 1 saturated carbocycles. The summed E-state index contributed by atoms with van der Waals surface area (Å²) >= 11 is 1.78. The van der Waals surface area contributed by atoms with Crippen LogP contribution in [0.3, 0.4) is 0 Å². The number of nitrogens with zero attached hydrogens (tertiary/aromatic N) is 1. The Morgan fingerprint density at radius 3 is 3.10 bits per heavy atom. The predicted molar refractivity (Wildman–Crippen MR) is 83.7 cm³/mol. The van der Waals surface area contributed by atoms with E-state index < -0.39 is 6.10 Å². The molecule has 0 saturated heterocycles. The zero-order valence-electron chi connectivity index (χ0n) is 12.1. The molecule has 3 rings (SSSR count). The molecule has 4 nitrogen and oxygen atoms in total. The lowest BCUT2D eigenvalue weighted by Gasteiger charge is -2.12. The largest absolute Gasteiger partial charge is 0.497 e. The molecule has 1 aliphatic rings. The van der Waals surface area contributed by atoms with Crippen molar-refractivity contribution in [2.75, 3.05) is 13.7 Å². The highest BCUT2D eigenvalue weighted by Crippen LogP contribution is 2.41. The van der Waals surface area contributed by atoms with Crippen LogP contribution in [0.15, 0.2) is 30.5 Å². The molecule has 1 aromatic heterocycles. The Kier molecular flexibility index (Phi) is 4.53. The van der Waals surface area contributed by atoms with Gasteiger partial charge in [0.2, 0.25) is 0 Å². The number of methoxy groups -OCH3 is 1. The number of hydrogen-bond donors (Lipinski definition) is 2. The van der Waals surface area contributed by atoms with E-state index in [4.69, 9.17) is 4.74 Å². The summed E-state index contributed by atoms with van der Waals surface area (Å²) in [6.07, 6.45) is 3.99. The average molecular weight is 304 g/mol. The Hall–Kier alpha value is -1.43. The van der Waals surface area contributed by atoms with Gasteiger partial charge in [-0.15, -0.1) is 11.3 Å².